The highest BCUT2D eigenvalue weighted by Gasteiger charge is 2.26. The molecule has 0 fully saturated rings. The lowest BCUT2D eigenvalue weighted by Gasteiger charge is -2.15. The van der Waals surface area contributed by atoms with Crippen molar-refractivity contribution < 1.29 is 13.3 Å². The van der Waals surface area contributed by atoms with Crippen molar-refractivity contribution in [2.75, 3.05) is 12.4 Å². The zero-order valence-corrected chi connectivity index (χ0v) is 15.7. The molecule has 3 rings (SSSR count). The molecule has 0 unspecified atom stereocenters. The summed E-state index contributed by atoms with van der Waals surface area (Å²) in [7, 11) is -2.20. The second kappa shape index (κ2) is 7.20. The van der Waals surface area contributed by atoms with Crippen molar-refractivity contribution in [1.29, 1.82) is 0 Å². The Kier molecular flexibility index (Phi) is 4.96. The third-order valence-electron chi connectivity index (χ3n) is 4.25. The second-order valence-electron chi connectivity index (χ2n) is 6.06. The number of benzene rings is 3. The maximum Gasteiger partial charge on any atom is 0.270 e. The summed E-state index contributed by atoms with van der Waals surface area (Å²) in [4.78, 5) is 10.9. The monoisotopic (exact) mass is 382 g/mol. The summed E-state index contributed by atoms with van der Waals surface area (Å²) >= 11 is 0. The van der Waals surface area contributed by atoms with E-state index < -0.39 is 14.8 Å². The van der Waals surface area contributed by atoms with Gasteiger partial charge in [0, 0.05) is 24.7 Å². The average Bonchev–Trinajstić information content (AvgIpc) is 2.67. The lowest BCUT2D eigenvalue weighted by Crippen LogP contribution is -2.08. The summed E-state index contributed by atoms with van der Waals surface area (Å²) in [5.41, 5.74) is 2.16. The van der Waals surface area contributed by atoms with Crippen LogP contribution in [0.15, 0.2) is 76.5 Å². The van der Waals surface area contributed by atoms with Gasteiger partial charge in [0.2, 0.25) is 9.84 Å². The van der Waals surface area contributed by atoms with E-state index in [1.54, 1.807) is 61.6 Å². The van der Waals surface area contributed by atoms with Crippen molar-refractivity contribution >= 4 is 21.2 Å². The van der Waals surface area contributed by atoms with Gasteiger partial charge in [-0.15, -0.1) is 0 Å². The summed E-state index contributed by atoms with van der Waals surface area (Å²) in [5.74, 6) is 0. The zero-order valence-electron chi connectivity index (χ0n) is 14.8. The normalized spacial score (nSPS) is 11.2. The molecule has 0 saturated carbocycles. The molecule has 0 heterocycles. The van der Waals surface area contributed by atoms with Crippen LogP contribution in [0.2, 0.25) is 0 Å². The minimum atomic E-state index is -3.84. The smallest absolute Gasteiger partial charge is 0.270 e. The Morgan fingerprint density at radius 2 is 1.63 bits per heavy atom. The highest BCUT2D eigenvalue weighted by molar-refractivity contribution is 7.91. The number of anilines is 1. The van der Waals surface area contributed by atoms with Gasteiger partial charge in [-0.2, -0.15) is 0 Å². The highest BCUT2D eigenvalue weighted by atomic mass is 32.2. The molecule has 0 spiro atoms. The molecule has 6 nitrogen and oxygen atoms in total. The van der Waals surface area contributed by atoms with Gasteiger partial charge in [-0.05, 0) is 30.7 Å². The molecule has 0 aliphatic heterocycles. The standard InChI is InChI=1S/C20H18N2O4S/c1-14-9-11-17(12-10-14)27(25,26)20-18(7-4-8-19(20)21-2)15-5-3-6-16(13-15)22(23)24/h3-13,21H,1-2H3. The molecule has 138 valence electrons. The first-order valence-corrected chi connectivity index (χ1v) is 9.70. The first kappa shape index (κ1) is 18.6. The van der Waals surface area contributed by atoms with E-state index in [1.165, 1.54) is 12.1 Å². The van der Waals surface area contributed by atoms with Gasteiger partial charge >= 0.3 is 0 Å². The van der Waals surface area contributed by atoms with E-state index in [1.807, 2.05) is 6.92 Å². The van der Waals surface area contributed by atoms with E-state index in [0.717, 1.165) is 5.56 Å². The number of sulfone groups is 1. The molecule has 0 amide bonds. The van der Waals surface area contributed by atoms with Gasteiger partial charge < -0.3 is 5.32 Å². The van der Waals surface area contributed by atoms with E-state index in [-0.39, 0.29) is 15.5 Å². The molecule has 27 heavy (non-hydrogen) atoms. The first-order chi connectivity index (χ1) is 12.8. The van der Waals surface area contributed by atoms with E-state index in [0.29, 0.717) is 16.8 Å². The number of hydrogen-bond donors (Lipinski definition) is 1. The maximum atomic E-state index is 13.4. The first-order valence-electron chi connectivity index (χ1n) is 8.22. The van der Waals surface area contributed by atoms with Crippen LogP contribution in [0.5, 0.6) is 0 Å². The summed E-state index contributed by atoms with van der Waals surface area (Å²) in [5, 5.41) is 14.0. The lowest BCUT2D eigenvalue weighted by molar-refractivity contribution is -0.384. The SMILES string of the molecule is CNc1cccc(-c2cccc([N+](=O)[O-])c2)c1S(=O)(=O)c1ccc(C)cc1. The Bertz CT molecular complexity index is 1110. The quantitative estimate of drug-likeness (QED) is 0.520. The zero-order chi connectivity index (χ0) is 19.6. The predicted octanol–water partition coefficient (Wildman–Crippen LogP) is 4.44. The van der Waals surface area contributed by atoms with Gasteiger partial charge in [-0.25, -0.2) is 8.42 Å². The number of hydrogen-bond acceptors (Lipinski definition) is 5. The van der Waals surface area contributed by atoms with Crippen LogP contribution in [0.4, 0.5) is 11.4 Å². The molecule has 0 aliphatic rings. The fraction of sp³-hybridized carbons (Fsp3) is 0.100. The Balaban J connectivity index is 2.28. The van der Waals surface area contributed by atoms with Gasteiger partial charge in [0.15, 0.2) is 0 Å². The van der Waals surface area contributed by atoms with Gasteiger partial charge in [-0.1, -0.05) is 42.0 Å². The summed E-state index contributed by atoms with van der Waals surface area (Å²) < 4.78 is 26.7. The van der Waals surface area contributed by atoms with Crippen molar-refractivity contribution in [2.24, 2.45) is 0 Å². The van der Waals surface area contributed by atoms with Crippen LogP contribution >= 0.6 is 0 Å². The second-order valence-corrected chi connectivity index (χ2v) is 7.94. The Morgan fingerprint density at radius 1 is 0.963 bits per heavy atom. The molecule has 0 saturated heterocycles. The van der Waals surface area contributed by atoms with Crippen LogP contribution in [-0.2, 0) is 9.84 Å². The number of nitro benzene ring substituents is 1. The Labute approximate surface area is 157 Å². The molecule has 0 radical (unpaired) electrons. The lowest BCUT2D eigenvalue weighted by atomic mass is 10.0. The van der Waals surface area contributed by atoms with E-state index in [2.05, 4.69) is 5.32 Å². The maximum absolute atomic E-state index is 13.4. The molecule has 0 atom stereocenters. The van der Waals surface area contributed by atoms with Crippen LogP contribution < -0.4 is 5.32 Å². The third kappa shape index (κ3) is 3.54. The molecule has 3 aromatic rings. The number of non-ortho nitro benzene ring substituents is 1. The fourth-order valence-electron chi connectivity index (χ4n) is 2.87. The molecule has 0 aliphatic carbocycles. The largest absolute Gasteiger partial charge is 0.387 e. The number of nitrogens with zero attached hydrogens (tertiary/aromatic N) is 1. The highest BCUT2D eigenvalue weighted by Crippen LogP contribution is 2.37. The topological polar surface area (TPSA) is 89.3 Å². The molecular formula is C20H18N2O4S. The van der Waals surface area contributed by atoms with E-state index in [4.69, 9.17) is 0 Å². The Hall–Kier alpha value is -3.19. The predicted molar refractivity (Wildman–Crippen MR) is 105 cm³/mol. The minimum Gasteiger partial charge on any atom is -0.387 e. The fourth-order valence-corrected chi connectivity index (χ4v) is 4.54. The van der Waals surface area contributed by atoms with Crippen LogP contribution in [0.1, 0.15) is 5.56 Å². The number of nitro groups is 1. The molecule has 1 N–H and O–H groups in total. The van der Waals surface area contributed by atoms with Gasteiger partial charge in [0.25, 0.3) is 5.69 Å². The van der Waals surface area contributed by atoms with Crippen molar-refractivity contribution in [3.63, 3.8) is 0 Å². The number of nitrogens with one attached hydrogen (secondary N) is 1. The summed E-state index contributed by atoms with van der Waals surface area (Å²) in [6, 6.07) is 17.6. The summed E-state index contributed by atoms with van der Waals surface area (Å²) in [6.45, 7) is 1.88. The van der Waals surface area contributed by atoms with Gasteiger partial charge in [0.05, 0.1) is 15.5 Å². The van der Waals surface area contributed by atoms with Crippen LogP contribution in [0.3, 0.4) is 0 Å². The van der Waals surface area contributed by atoms with Crippen LogP contribution in [0, 0.1) is 17.0 Å². The molecular weight excluding hydrogens is 364 g/mol. The van der Waals surface area contributed by atoms with E-state index in [9.17, 15) is 18.5 Å². The molecule has 0 bridgehead atoms. The molecule has 0 aromatic heterocycles. The summed E-state index contributed by atoms with van der Waals surface area (Å²) in [6.07, 6.45) is 0. The molecule has 3 aromatic carbocycles. The number of aryl methyl sites for hydroxylation is 1. The van der Waals surface area contributed by atoms with Gasteiger partial charge in [-0.3, -0.25) is 10.1 Å². The van der Waals surface area contributed by atoms with Crippen LogP contribution in [-0.4, -0.2) is 20.4 Å². The van der Waals surface area contributed by atoms with Crippen molar-refractivity contribution in [1.82, 2.24) is 0 Å². The third-order valence-corrected chi connectivity index (χ3v) is 6.12. The van der Waals surface area contributed by atoms with Crippen molar-refractivity contribution in [2.45, 2.75) is 16.7 Å². The average molecular weight is 382 g/mol. The van der Waals surface area contributed by atoms with Crippen LogP contribution in [0.25, 0.3) is 11.1 Å². The van der Waals surface area contributed by atoms with E-state index >= 15 is 0 Å². The minimum absolute atomic E-state index is 0.0943. The Morgan fingerprint density at radius 3 is 2.26 bits per heavy atom. The number of rotatable bonds is 5. The van der Waals surface area contributed by atoms with Crippen molar-refractivity contribution in [3.05, 3.63) is 82.4 Å². The molecule has 7 heteroatoms. The van der Waals surface area contributed by atoms with Crippen molar-refractivity contribution in [3.8, 4) is 11.1 Å². The van der Waals surface area contributed by atoms with Gasteiger partial charge in [0.1, 0.15) is 4.90 Å².